The fourth-order valence-electron chi connectivity index (χ4n) is 8.58. The molecule has 0 radical (unpaired) electrons. The zero-order valence-corrected chi connectivity index (χ0v) is 31.4. The molecule has 10 heteroatoms. The van der Waals surface area contributed by atoms with E-state index in [-0.39, 0.29) is 34.8 Å². The highest BCUT2D eigenvalue weighted by Gasteiger charge is 2.51. The number of aryl methyl sites for hydroxylation is 1. The number of anilines is 1. The van der Waals surface area contributed by atoms with Crippen molar-refractivity contribution in [1.29, 1.82) is 0 Å². The molecule has 2 bridgehead atoms. The summed E-state index contributed by atoms with van der Waals surface area (Å²) in [7, 11) is 1.73. The van der Waals surface area contributed by atoms with E-state index in [0.29, 0.717) is 51.0 Å². The number of benzene rings is 1. The lowest BCUT2D eigenvalue weighted by atomic mass is 9.51. The molecule has 7 rings (SSSR count). The van der Waals surface area contributed by atoms with Crippen LogP contribution in [0.5, 0.6) is 5.75 Å². The number of rotatable bonds is 12. The molecule has 2 aromatic heterocycles. The van der Waals surface area contributed by atoms with Crippen LogP contribution in [-0.4, -0.2) is 63.8 Å². The van der Waals surface area contributed by atoms with Crippen LogP contribution in [0.15, 0.2) is 48.9 Å². The van der Waals surface area contributed by atoms with Crippen LogP contribution in [0.3, 0.4) is 0 Å². The van der Waals surface area contributed by atoms with Crippen LogP contribution in [0.25, 0.3) is 11.1 Å². The summed E-state index contributed by atoms with van der Waals surface area (Å²) in [5, 5.41) is 17.2. The number of aliphatic hydroxyl groups is 1. The van der Waals surface area contributed by atoms with Crippen molar-refractivity contribution in [1.82, 2.24) is 20.1 Å². The van der Waals surface area contributed by atoms with E-state index in [2.05, 4.69) is 61.6 Å². The van der Waals surface area contributed by atoms with Crippen LogP contribution < -0.4 is 15.0 Å². The molecule has 51 heavy (non-hydrogen) atoms. The van der Waals surface area contributed by atoms with Crippen LogP contribution in [0.4, 0.5) is 10.6 Å². The topological polar surface area (TPSA) is 119 Å². The van der Waals surface area contributed by atoms with E-state index in [0.717, 1.165) is 55.4 Å². The Balaban J connectivity index is 1.18. The van der Waals surface area contributed by atoms with E-state index in [9.17, 15) is 14.7 Å². The van der Waals surface area contributed by atoms with Crippen LogP contribution >= 0.6 is 0 Å². The lowest BCUT2D eigenvalue weighted by molar-refractivity contribution is -0.124. The summed E-state index contributed by atoms with van der Waals surface area (Å²) in [6, 6.07) is 11.0. The van der Waals surface area contributed by atoms with Gasteiger partial charge in [-0.25, -0.2) is 9.78 Å². The molecule has 3 aromatic rings. The van der Waals surface area contributed by atoms with Gasteiger partial charge in [-0.3, -0.25) is 14.4 Å². The molecule has 2 heterocycles. The number of nitrogens with zero attached hydrogens (tertiary/aromatic N) is 4. The molecule has 0 aliphatic heterocycles. The van der Waals surface area contributed by atoms with E-state index < -0.39 is 11.7 Å². The minimum Gasteiger partial charge on any atom is -0.496 e. The van der Waals surface area contributed by atoms with Gasteiger partial charge in [0, 0.05) is 43.0 Å². The highest BCUT2D eigenvalue weighted by atomic mass is 16.6. The van der Waals surface area contributed by atoms with Gasteiger partial charge >= 0.3 is 6.09 Å². The van der Waals surface area contributed by atoms with Gasteiger partial charge in [0.1, 0.15) is 17.7 Å². The Labute approximate surface area is 303 Å². The fourth-order valence-corrected chi connectivity index (χ4v) is 8.58. The predicted molar refractivity (Wildman–Crippen MR) is 199 cm³/mol. The van der Waals surface area contributed by atoms with E-state index in [1.807, 2.05) is 28.0 Å². The molecule has 2 amide bonds. The Morgan fingerprint density at radius 2 is 1.75 bits per heavy atom. The maximum Gasteiger partial charge on any atom is 0.407 e. The maximum atomic E-state index is 14.6. The number of methoxy groups -OCH3 is 1. The molecule has 0 spiro atoms. The molecule has 1 aromatic carbocycles. The van der Waals surface area contributed by atoms with Gasteiger partial charge in [0.05, 0.1) is 18.9 Å². The number of carbonyl (C=O) groups is 2. The maximum absolute atomic E-state index is 14.6. The first kappa shape index (κ1) is 36.9. The summed E-state index contributed by atoms with van der Waals surface area (Å²) in [5.74, 6) is 1.58. The molecule has 4 aliphatic carbocycles. The Bertz CT molecular complexity index is 1660. The third-order valence-corrected chi connectivity index (χ3v) is 12.0. The zero-order chi connectivity index (χ0) is 36.4. The quantitative estimate of drug-likeness (QED) is 0.197. The average Bonchev–Trinajstić information content (AvgIpc) is 3.62. The first-order valence-electron chi connectivity index (χ1n) is 18.9. The van der Waals surface area contributed by atoms with E-state index in [1.165, 1.54) is 11.1 Å². The zero-order valence-electron chi connectivity index (χ0n) is 31.4. The normalized spacial score (nSPS) is 24.7. The standard InChI is InChI=1S/C41H57N5O5/c1-28(2)46-26-32(25-44-46)31-13-21-42-36(24-31)45(37(47)30-7-10-34(11-8-30)51-38(48)43-22-20-39(4,5)49)27-40-14-17-41(18-15-40,19-16-40)33-9-12-35(50-6)29(3)23-33/h9,12-13,21,23-26,28,30,34,49H,7-8,10-11,14-20,22,27H2,1-6H3,(H,43,48). The third-order valence-electron chi connectivity index (χ3n) is 12.0. The smallest absolute Gasteiger partial charge is 0.407 e. The van der Waals surface area contributed by atoms with Gasteiger partial charge in [-0.15, -0.1) is 0 Å². The van der Waals surface area contributed by atoms with E-state index >= 15 is 0 Å². The Morgan fingerprint density at radius 3 is 2.35 bits per heavy atom. The Hall–Kier alpha value is -3.92. The SMILES string of the molecule is COc1ccc(C23CCC(CN(C(=O)C4CCC(OC(=O)NCCC(C)(C)O)CC4)c4cc(-c5cnn(C(C)C)c5)ccn4)(CC2)CC3)cc1C. The van der Waals surface area contributed by atoms with Crippen molar-refractivity contribution in [2.24, 2.45) is 11.3 Å². The first-order chi connectivity index (χ1) is 24.3. The highest BCUT2D eigenvalue weighted by molar-refractivity contribution is 5.95. The molecular formula is C41H57N5O5. The number of fused-ring (bicyclic) bond motifs is 3. The second-order valence-corrected chi connectivity index (χ2v) is 16.5. The number of alkyl carbamates (subject to hydrolysis) is 1. The van der Waals surface area contributed by atoms with Crippen molar-refractivity contribution in [3.8, 4) is 16.9 Å². The van der Waals surface area contributed by atoms with Gasteiger partial charge in [-0.2, -0.15) is 5.10 Å². The summed E-state index contributed by atoms with van der Waals surface area (Å²) in [5.41, 5.74) is 3.98. The summed E-state index contributed by atoms with van der Waals surface area (Å²) < 4.78 is 13.2. The molecule has 2 N–H and O–H groups in total. The number of carbonyl (C=O) groups excluding carboxylic acids is 2. The largest absolute Gasteiger partial charge is 0.496 e. The minimum atomic E-state index is -0.852. The Morgan fingerprint density at radius 1 is 1.04 bits per heavy atom. The molecular weight excluding hydrogens is 642 g/mol. The molecule has 4 aliphatic rings. The van der Waals surface area contributed by atoms with Gasteiger partial charge < -0.3 is 19.9 Å². The third kappa shape index (κ3) is 8.43. The van der Waals surface area contributed by atoms with Crippen molar-refractivity contribution < 1.29 is 24.2 Å². The first-order valence-corrected chi connectivity index (χ1v) is 18.9. The molecule has 276 valence electrons. The fraction of sp³-hybridized carbons (Fsp3) is 0.610. The van der Waals surface area contributed by atoms with Crippen molar-refractivity contribution in [3.63, 3.8) is 0 Å². The number of hydrogen-bond acceptors (Lipinski definition) is 7. The highest BCUT2D eigenvalue weighted by Crippen LogP contribution is 2.58. The summed E-state index contributed by atoms with van der Waals surface area (Å²) >= 11 is 0. The van der Waals surface area contributed by atoms with Crippen molar-refractivity contribution in [3.05, 3.63) is 60.0 Å². The van der Waals surface area contributed by atoms with Gasteiger partial charge in [0.15, 0.2) is 0 Å². The van der Waals surface area contributed by atoms with Crippen molar-refractivity contribution in [2.75, 3.05) is 25.1 Å². The molecule has 4 saturated carbocycles. The predicted octanol–water partition coefficient (Wildman–Crippen LogP) is 7.91. The van der Waals surface area contributed by atoms with Gasteiger partial charge in [-0.1, -0.05) is 12.1 Å². The van der Waals surface area contributed by atoms with Crippen molar-refractivity contribution >= 4 is 17.8 Å². The number of ether oxygens (including phenoxy) is 2. The van der Waals surface area contributed by atoms with Gasteiger partial charge in [-0.05, 0) is 151 Å². The Kier molecular flexibility index (Phi) is 10.8. The minimum absolute atomic E-state index is 0.0423. The number of amides is 2. The summed E-state index contributed by atoms with van der Waals surface area (Å²) in [6.07, 6.45) is 14.7. The van der Waals surface area contributed by atoms with E-state index in [1.54, 1.807) is 21.0 Å². The number of hydrogen-bond donors (Lipinski definition) is 2. The lowest BCUT2D eigenvalue weighted by Gasteiger charge is -2.55. The second kappa shape index (κ2) is 15.0. The summed E-state index contributed by atoms with van der Waals surface area (Å²) in [6.45, 7) is 10.8. The number of pyridine rings is 1. The van der Waals surface area contributed by atoms with Crippen LogP contribution in [0.1, 0.15) is 115 Å². The molecule has 10 nitrogen and oxygen atoms in total. The average molecular weight is 700 g/mol. The van der Waals surface area contributed by atoms with Crippen LogP contribution in [0.2, 0.25) is 0 Å². The number of aromatic nitrogens is 3. The lowest BCUT2D eigenvalue weighted by Crippen LogP contribution is -2.52. The monoisotopic (exact) mass is 699 g/mol. The van der Waals surface area contributed by atoms with Gasteiger partial charge in [0.2, 0.25) is 5.91 Å². The molecule has 0 saturated heterocycles. The second-order valence-electron chi connectivity index (χ2n) is 16.5. The molecule has 4 fully saturated rings. The van der Waals surface area contributed by atoms with Crippen LogP contribution in [-0.2, 0) is 14.9 Å². The van der Waals surface area contributed by atoms with E-state index in [4.69, 9.17) is 14.5 Å². The molecule has 0 atom stereocenters. The molecule has 0 unspecified atom stereocenters. The van der Waals surface area contributed by atoms with Crippen LogP contribution in [0, 0.1) is 18.3 Å². The number of nitrogens with one attached hydrogen (secondary N) is 1. The van der Waals surface area contributed by atoms with Crippen molar-refractivity contribution in [2.45, 2.75) is 128 Å². The summed E-state index contributed by atoms with van der Waals surface area (Å²) in [4.78, 5) is 33.9. The van der Waals surface area contributed by atoms with Gasteiger partial charge in [0.25, 0.3) is 0 Å².